The van der Waals surface area contributed by atoms with Gasteiger partial charge in [0, 0.05) is 12.6 Å². The van der Waals surface area contributed by atoms with E-state index in [-0.39, 0.29) is 5.97 Å². The van der Waals surface area contributed by atoms with Crippen molar-refractivity contribution < 1.29 is 9.53 Å². The molecule has 0 saturated carbocycles. The van der Waals surface area contributed by atoms with Gasteiger partial charge in [-0.1, -0.05) is 35.9 Å². The Morgan fingerprint density at radius 1 is 1.27 bits per heavy atom. The summed E-state index contributed by atoms with van der Waals surface area (Å²) < 4.78 is 4.96. The topological polar surface area (TPSA) is 29.5 Å². The summed E-state index contributed by atoms with van der Waals surface area (Å²) in [5, 5.41) is 0. The van der Waals surface area contributed by atoms with Crippen molar-refractivity contribution in [3.05, 3.63) is 47.5 Å². The van der Waals surface area contributed by atoms with Crippen molar-refractivity contribution in [1.29, 1.82) is 0 Å². The second-order valence-corrected chi connectivity index (χ2v) is 6.15. The molecule has 0 amide bonds. The first-order valence-corrected chi connectivity index (χ1v) is 8.27. The molecule has 1 aliphatic heterocycles. The van der Waals surface area contributed by atoms with Crippen LogP contribution in [-0.4, -0.2) is 30.6 Å². The number of hydrogen-bond acceptors (Lipinski definition) is 3. The number of nitrogens with zero attached hydrogens (tertiary/aromatic N) is 1. The summed E-state index contributed by atoms with van der Waals surface area (Å²) in [7, 11) is 0. The van der Waals surface area contributed by atoms with Gasteiger partial charge in [0.05, 0.1) is 6.61 Å². The zero-order valence-electron chi connectivity index (χ0n) is 13.8. The highest BCUT2D eigenvalue weighted by atomic mass is 16.5. The van der Waals surface area contributed by atoms with Crippen molar-refractivity contribution in [3.63, 3.8) is 0 Å². The van der Waals surface area contributed by atoms with E-state index in [2.05, 4.69) is 35.2 Å². The molecular weight excluding hydrogens is 274 g/mol. The summed E-state index contributed by atoms with van der Waals surface area (Å²) in [5.41, 5.74) is 2.53. The van der Waals surface area contributed by atoms with Crippen LogP contribution in [0.4, 0.5) is 0 Å². The number of esters is 1. The molecule has 3 heteroatoms. The Hall–Kier alpha value is -1.61. The fourth-order valence-corrected chi connectivity index (χ4v) is 3.09. The number of likely N-dealkylation sites (tertiary alicyclic amines) is 1. The molecule has 1 fully saturated rings. The molecule has 0 aromatic heterocycles. The second kappa shape index (κ2) is 8.74. The van der Waals surface area contributed by atoms with Crippen LogP contribution >= 0.6 is 0 Å². The number of piperidine rings is 1. The van der Waals surface area contributed by atoms with Crippen LogP contribution in [0.5, 0.6) is 0 Å². The van der Waals surface area contributed by atoms with Crippen molar-refractivity contribution in [2.45, 2.75) is 39.7 Å². The Kier molecular flexibility index (Phi) is 6.66. The van der Waals surface area contributed by atoms with Gasteiger partial charge in [0.1, 0.15) is 0 Å². The summed E-state index contributed by atoms with van der Waals surface area (Å²) in [6.45, 7) is 7.65. The van der Waals surface area contributed by atoms with Gasteiger partial charge in [0.15, 0.2) is 0 Å². The largest absolute Gasteiger partial charge is 0.463 e. The van der Waals surface area contributed by atoms with Crippen LogP contribution in [0.1, 0.15) is 38.7 Å². The van der Waals surface area contributed by atoms with Gasteiger partial charge in [-0.2, -0.15) is 0 Å². The first-order valence-electron chi connectivity index (χ1n) is 8.27. The maximum Gasteiger partial charge on any atom is 0.330 e. The Morgan fingerprint density at radius 3 is 2.59 bits per heavy atom. The molecule has 1 aliphatic rings. The van der Waals surface area contributed by atoms with Gasteiger partial charge >= 0.3 is 5.97 Å². The van der Waals surface area contributed by atoms with Crippen molar-refractivity contribution in [3.8, 4) is 0 Å². The normalized spacial score (nSPS) is 17.5. The SMILES string of the molecule is CCOC(=O)/C=C(/C)CC1CCN(Cc2ccccc2)CC1. The van der Waals surface area contributed by atoms with E-state index in [1.807, 2.05) is 13.8 Å². The van der Waals surface area contributed by atoms with Gasteiger partial charge in [-0.25, -0.2) is 4.79 Å². The summed E-state index contributed by atoms with van der Waals surface area (Å²) in [6.07, 6.45) is 5.08. The van der Waals surface area contributed by atoms with Crippen molar-refractivity contribution in [2.24, 2.45) is 5.92 Å². The van der Waals surface area contributed by atoms with Crippen LogP contribution in [0.25, 0.3) is 0 Å². The molecule has 0 atom stereocenters. The monoisotopic (exact) mass is 301 g/mol. The highest BCUT2D eigenvalue weighted by Gasteiger charge is 2.19. The Morgan fingerprint density at radius 2 is 1.95 bits per heavy atom. The van der Waals surface area contributed by atoms with E-state index in [9.17, 15) is 4.79 Å². The first kappa shape index (κ1) is 16.8. The molecule has 0 unspecified atom stereocenters. The quantitative estimate of drug-likeness (QED) is 0.591. The van der Waals surface area contributed by atoms with Gasteiger partial charge in [-0.3, -0.25) is 4.90 Å². The highest BCUT2D eigenvalue weighted by molar-refractivity contribution is 5.82. The predicted molar refractivity (Wildman–Crippen MR) is 89.5 cm³/mol. The maximum absolute atomic E-state index is 11.4. The third-order valence-corrected chi connectivity index (χ3v) is 4.22. The average molecular weight is 301 g/mol. The van der Waals surface area contributed by atoms with Crippen LogP contribution in [0.2, 0.25) is 0 Å². The van der Waals surface area contributed by atoms with Crippen molar-refractivity contribution in [1.82, 2.24) is 4.90 Å². The lowest BCUT2D eigenvalue weighted by atomic mass is 9.90. The lowest BCUT2D eigenvalue weighted by molar-refractivity contribution is -0.137. The molecule has 0 N–H and O–H groups in total. The number of hydrogen-bond donors (Lipinski definition) is 0. The second-order valence-electron chi connectivity index (χ2n) is 6.15. The minimum Gasteiger partial charge on any atom is -0.463 e. The zero-order chi connectivity index (χ0) is 15.8. The van der Waals surface area contributed by atoms with Crippen LogP contribution in [0.15, 0.2) is 42.0 Å². The molecule has 1 saturated heterocycles. The molecule has 0 radical (unpaired) electrons. The lowest BCUT2D eigenvalue weighted by Crippen LogP contribution is -2.33. The van der Waals surface area contributed by atoms with E-state index in [0.29, 0.717) is 12.5 Å². The molecule has 2 rings (SSSR count). The minimum atomic E-state index is -0.207. The Balaban J connectivity index is 1.74. The van der Waals surface area contributed by atoms with E-state index in [4.69, 9.17) is 4.74 Å². The molecule has 120 valence electrons. The van der Waals surface area contributed by atoms with E-state index >= 15 is 0 Å². The molecule has 0 aliphatic carbocycles. The van der Waals surface area contributed by atoms with Gasteiger partial charge in [-0.05, 0) is 57.7 Å². The van der Waals surface area contributed by atoms with Gasteiger partial charge in [0.25, 0.3) is 0 Å². The van der Waals surface area contributed by atoms with Gasteiger partial charge in [-0.15, -0.1) is 0 Å². The standard InChI is InChI=1S/C19H27NO2/c1-3-22-19(21)14-16(2)13-17-9-11-20(12-10-17)15-18-7-5-4-6-8-18/h4-8,14,17H,3,9-13,15H2,1-2H3/b16-14-. The first-order chi connectivity index (χ1) is 10.7. The molecule has 0 spiro atoms. The third-order valence-electron chi connectivity index (χ3n) is 4.22. The number of ether oxygens (including phenoxy) is 1. The van der Waals surface area contributed by atoms with Gasteiger partial charge < -0.3 is 4.74 Å². The van der Waals surface area contributed by atoms with Crippen LogP contribution in [-0.2, 0) is 16.1 Å². The molecule has 22 heavy (non-hydrogen) atoms. The van der Waals surface area contributed by atoms with Crippen molar-refractivity contribution in [2.75, 3.05) is 19.7 Å². The lowest BCUT2D eigenvalue weighted by Gasteiger charge is -2.32. The molecule has 3 nitrogen and oxygen atoms in total. The summed E-state index contributed by atoms with van der Waals surface area (Å²) in [5.74, 6) is 0.485. The van der Waals surface area contributed by atoms with Gasteiger partial charge in [0.2, 0.25) is 0 Å². The van der Waals surface area contributed by atoms with E-state index < -0.39 is 0 Å². The number of benzene rings is 1. The third kappa shape index (κ3) is 5.64. The number of carbonyl (C=O) groups excluding carboxylic acids is 1. The fraction of sp³-hybridized carbons (Fsp3) is 0.526. The zero-order valence-corrected chi connectivity index (χ0v) is 13.8. The number of allylic oxidation sites excluding steroid dienone is 1. The van der Waals surface area contributed by atoms with Crippen LogP contribution in [0.3, 0.4) is 0 Å². The average Bonchev–Trinajstić information content (AvgIpc) is 2.50. The van der Waals surface area contributed by atoms with Crippen molar-refractivity contribution >= 4 is 5.97 Å². The Bertz CT molecular complexity index is 487. The molecule has 0 bridgehead atoms. The smallest absolute Gasteiger partial charge is 0.330 e. The van der Waals surface area contributed by atoms with E-state index in [1.54, 1.807) is 6.08 Å². The number of rotatable bonds is 6. The predicted octanol–water partition coefficient (Wildman–Crippen LogP) is 3.80. The number of carbonyl (C=O) groups is 1. The molecule has 1 heterocycles. The summed E-state index contributed by atoms with van der Waals surface area (Å²) >= 11 is 0. The molecule has 1 aromatic carbocycles. The van der Waals surface area contributed by atoms with E-state index in [0.717, 1.165) is 31.6 Å². The fourth-order valence-electron chi connectivity index (χ4n) is 3.09. The molecular formula is C19H27NO2. The van der Waals surface area contributed by atoms with Crippen LogP contribution < -0.4 is 0 Å². The summed E-state index contributed by atoms with van der Waals surface area (Å²) in [4.78, 5) is 14.0. The van der Waals surface area contributed by atoms with Crippen LogP contribution in [0, 0.1) is 5.92 Å². The minimum absolute atomic E-state index is 0.207. The highest BCUT2D eigenvalue weighted by Crippen LogP contribution is 2.24. The molecule has 1 aromatic rings. The summed E-state index contributed by atoms with van der Waals surface area (Å²) in [6, 6.07) is 10.7. The van der Waals surface area contributed by atoms with E-state index in [1.165, 1.54) is 18.4 Å². The maximum atomic E-state index is 11.4. The Labute approximate surface area is 134 Å².